The van der Waals surface area contributed by atoms with Gasteiger partial charge in [-0.2, -0.15) is 0 Å². The van der Waals surface area contributed by atoms with E-state index in [1.54, 1.807) is 43.8 Å². The predicted molar refractivity (Wildman–Crippen MR) is 75.8 cm³/mol. The van der Waals surface area contributed by atoms with E-state index in [0.717, 1.165) is 0 Å². The highest BCUT2D eigenvalue weighted by Gasteiger charge is 2.10. The molecule has 0 aliphatic rings. The number of benzene rings is 1. The molecular weight excluding hydrogens is 256 g/mol. The van der Waals surface area contributed by atoms with Crippen molar-refractivity contribution in [2.45, 2.75) is 0 Å². The van der Waals surface area contributed by atoms with Gasteiger partial charge >= 0.3 is 0 Å². The molecule has 6 nitrogen and oxygen atoms in total. The third-order valence-electron chi connectivity index (χ3n) is 2.61. The lowest BCUT2D eigenvalue weighted by Gasteiger charge is -2.09. The van der Waals surface area contributed by atoms with E-state index in [0.29, 0.717) is 30.4 Å². The van der Waals surface area contributed by atoms with Crippen LogP contribution in [0.2, 0.25) is 0 Å². The minimum absolute atomic E-state index is 0.168. The van der Waals surface area contributed by atoms with Gasteiger partial charge in [0.05, 0.1) is 12.7 Å². The van der Waals surface area contributed by atoms with Crippen LogP contribution in [0, 0.1) is 0 Å². The zero-order chi connectivity index (χ0) is 14.2. The highest BCUT2D eigenvalue weighted by molar-refractivity contribution is 5.96. The molecule has 2 aromatic rings. The predicted octanol–water partition coefficient (Wildman–Crippen LogP) is 1.33. The maximum atomic E-state index is 12.0. The zero-order valence-corrected chi connectivity index (χ0v) is 11.2. The number of hydrogen-bond acceptors (Lipinski definition) is 5. The summed E-state index contributed by atoms with van der Waals surface area (Å²) in [5, 5.41) is 5.82. The quantitative estimate of drug-likeness (QED) is 0.776. The van der Waals surface area contributed by atoms with E-state index in [-0.39, 0.29) is 5.91 Å². The Morgan fingerprint density at radius 1 is 1.15 bits per heavy atom. The standard InChI is InChI=1S/C14H16N4O2/c1-20-12-6-3-2-5-11(12)13(19)15-9-10-18-14-16-7-4-8-17-14/h2-8H,9-10H2,1H3,(H,15,19)(H,16,17,18). The van der Waals surface area contributed by atoms with Gasteiger partial charge in [-0.3, -0.25) is 4.79 Å². The maximum Gasteiger partial charge on any atom is 0.255 e. The van der Waals surface area contributed by atoms with Gasteiger partial charge in [-0.25, -0.2) is 9.97 Å². The van der Waals surface area contributed by atoms with Crippen LogP contribution in [0.5, 0.6) is 5.75 Å². The molecule has 20 heavy (non-hydrogen) atoms. The molecule has 0 aliphatic heterocycles. The van der Waals surface area contributed by atoms with Gasteiger partial charge < -0.3 is 15.4 Å². The third-order valence-corrected chi connectivity index (χ3v) is 2.61. The average Bonchev–Trinajstić information content (AvgIpc) is 2.52. The van der Waals surface area contributed by atoms with Gasteiger partial charge in [0.15, 0.2) is 0 Å². The third kappa shape index (κ3) is 3.68. The summed E-state index contributed by atoms with van der Waals surface area (Å²) in [6.07, 6.45) is 3.31. The molecule has 104 valence electrons. The Morgan fingerprint density at radius 2 is 1.90 bits per heavy atom. The van der Waals surface area contributed by atoms with Crippen molar-refractivity contribution < 1.29 is 9.53 Å². The topological polar surface area (TPSA) is 76.1 Å². The highest BCUT2D eigenvalue weighted by atomic mass is 16.5. The lowest BCUT2D eigenvalue weighted by Crippen LogP contribution is -2.29. The Bertz CT molecular complexity index is 560. The van der Waals surface area contributed by atoms with Gasteiger partial charge in [-0.05, 0) is 18.2 Å². The molecule has 0 unspecified atom stereocenters. The van der Waals surface area contributed by atoms with Crippen LogP contribution >= 0.6 is 0 Å². The summed E-state index contributed by atoms with van der Waals surface area (Å²) < 4.78 is 5.15. The molecule has 1 aromatic heterocycles. The summed E-state index contributed by atoms with van der Waals surface area (Å²) >= 11 is 0. The molecule has 6 heteroatoms. The first kappa shape index (κ1) is 13.8. The van der Waals surface area contributed by atoms with Crippen LogP contribution in [0.15, 0.2) is 42.7 Å². The Morgan fingerprint density at radius 3 is 2.65 bits per heavy atom. The molecule has 1 aromatic carbocycles. The van der Waals surface area contributed by atoms with Gasteiger partial charge in [-0.15, -0.1) is 0 Å². The molecular formula is C14H16N4O2. The number of anilines is 1. The summed E-state index contributed by atoms with van der Waals surface area (Å²) in [6, 6.07) is 8.85. The van der Waals surface area contributed by atoms with Crippen LogP contribution in [-0.4, -0.2) is 36.1 Å². The van der Waals surface area contributed by atoms with E-state index in [4.69, 9.17) is 4.74 Å². The van der Waals surface area contributed by atoms with Crippen molar-refractivity contribution in [1.82, 2.24) is 15.3 Å². The Labute approximate surface area is 117 Å². The van der Waals surface area contributed by atoms with E-state index in [9.17, 15) is 4.79 Å². The van der Waals surface area contributed by atoms with Crippen molar-refractivity contribution in [2.75, 3.05) is 25.5 Å². The lowest BCUT2D eigenvalue weighted by atomic mass is 10.2. The molecule has 2 rings (SSSR count). The Kier molecular flexibility index (Phi) is 4.88. The van der Waals surface area contributed by atoms with Crippen molar-refractivity contribution in [3.63, 3.8) is 0 Å². The number of hydrogen-bond donors (Lipinski definition) is 2. The van der Waals surface area contributed by atoms with E-state index in [1.807, 2.05) is 6.07 Å². The van der Waals surface area contributed by atoms with Crippen LogP contribution < -0.4 is 15.4 Å². The number of carbonyl (C=O) groups is 1. The van der Waals surface area contributed by atoms with E-state index in [2.05, 4.69) is 20.6 Å². The number of rotatable bonds is 6. The maximum absolute atomic E-state index is 12.0. The number of carbonyl (C=O) groups excluding carboxylic acids is 1. The van der Waals surface area contributed by atoms with Crippen molar-refractivity contribution in [3.05, 3.63) is 48.3 Å². The Hall–Kier alpha value is -2.63. The van der Waals surface area contributed by atoms with Crippen LogP contribution in [0.4, 0.5) is 5.95 Å². The minimum atomic E-state index is -0.168. The van der Waals surface area contributed by atoms with E-state index < -0.39 is 0 Å². The van der Waals surface area contributed by atoms with Crippen LogP contribution in [-0.2, 0) is 0 Å². The molecule has 0 atom stereocenters. The fourth-order valence-electron chi connectivity index (χ4n) is 1.67. The normalized spacial score (nSPS) is 9.85. The first-order chi connectivity index (χ1) is 9.81. The highest BCUT2D eigenvalue weighted by Crippen LogP contribution is 2.16. The van der Waals surface area contributed by atoms with E-state index >= 15 is 0 Å². The van der Waals surface area contributed by atoms with Crippen molar-refractivity contribution in [1.29, 1.82) is 0 Å². The summed E-state index contributed by atoms with van der Waals surface area (Å²) in [7, 11) is 1.54. The molecule has 0 aliphatic carbocycles. The fraction of sp³-hybridized carbons (Fsp3) is 0.214. The molecule has 0 radical (unpaired) electrons. The summed E-state index contributed by atoms with van der Waals surface area (Å²) in [5.74, 6) is 0.932. The monoisotopic (exact) mass is 272 g/mol. The zero-order valence-electron chi connectivity index (χ0n) is 11.2. The van der Waals surface area contributed by atoms with Crippen LogP contribution in [0.3, 0.4) is 0 Å². The summed E-state index contributed by atoms with van der Waals surface area (Å²) in [6.45, 7) is 1.01. The Balaban J connectivity index is 1.81. The number of nitrogens with zero attached hydrogens (tertiary/aromatic N) is 2. The molecule has 1 heterocycles. The number of amides is 1. The summed E-state index contributed by atoms with van der Waals surface area (Å²) in [5.41, 5.74) is 0.519. The van der Waals surface area contributed by atoms with Crippen LogP contribution in [0.1, 0.15) is 10.4 Å². The molecule has 0 bridgehead atoms. The lowest BCUT2D eigenvalue weighted by molar-refractivity contribution is 0.0952. The first-order valence-corrected chi connectivity index (χ1v) is 6.23. The number of nitrogens with one attached hydrogen (secondary N) is 2. The average molecular weight is 272 g/mol. The smallest absolute Gasteiger partial charge is 0.255 e. The minimum Gasteiger partial charge on any atom is -0.496 e. The first-order valence-electron chi connectivity index (χ1n) is 6.23. The number of methoxy groups -OCH3 is 1. The fourth-order valence-corrected chi connectivity index (χ4v) is 1.67. The summed E-state index contributed by atoms with van der Waals surface area (Å²) in [4.78, 5) is 20.0. The van der Waals surface area contributed by atoms with Gasteiger partial charge in [0, 0.05) is 25.5 Å². The number of aromatic nitrogens is 2. The number of para-hydroxylation sites is 1. The van der Waals surface area contributed by atoms with Gasteiger partial charge in [0.1, 0.15) is 5.75 Å². The molecule has 0 saturated carbocycles. The second kappa shape index (κ2) is 7.08. The second-order valence-corrected chi connectivity index (χ2v) is 3.96. The van der Waals surface area contributed by atoms with Crippen LogP contribution in [0.25, 0.3) is 0 Å². The van der Waals surface area contributed by atoms with Crippen molar-refractivity contribution in [2.24, 2.45) is 0 Å². The van der Waals surface area contributed by atoms with Crippen molar-refractivity contribution in [3.8, 4) is 5.75 Å². The van der Waals surface area contributed by atoms with Crippen molar-refractivity contribution >= 4 is 11.9 Å². The molecule has 2 N–H and O–H groups in total. The molecule has 1 amide bonds. The second-order valence-electron chi connectivity index (χ2n) is 3.96. The SMILES string of the molecule is COc1ccccc1C(=O)NCCNc1ncccn1. The number of ether oxygens (including phenoxy) is 1. The van der Waals surface area contributed by atoms with Gasteiger partial charge in [0.2, 0.25) is 5.95 Å². The molecule has 0 saturated heterocycles. The van der Waals surface area contributed by atoms with Gasteiger partial charge in [-0.1, -0.05) is 12.1 Å². The van der Waals surface area contributed by atoms with E-state index in [1.165, 1.54) is 0 Å². The van der Waals surface area contributed by atoms with Gasteiger partial charge in [0.25, 0.3) is 5.91 Å². The molecule has 0 fully saturated rings. The largest absolute Gasteiger partial charge is 0.496 e. The molecule has 0 spiro atoms.